The second-order valence-electron chi connectivity index (χ2n) is 8.93. The van der Waals surface area contributed by atoms with E-state index >= 15 is 0 Å². The first-order valence-electron chi connectivity index (χ1n) is 12.9. The molecule has 2 heterocycles. The summed E-state index contributed by atoms with van der Waals surface area (Å²) in [6.45, 7) is 1.67. The zero-order chi connectivity index (χ0) is 27.7. The molecule has 1 radical (unpaired) electrons. The van der Waals surface area contributed by atoms with Crippen molar-refractivity contribution in [3.63, 3.8) is 0 Å². The molecule has 0 spiro atoms. The number of rotatable bonds is 7. The average molecular weight is 711 g/mol. The molecule has 5 aromatic rings. The van der Waals surface area contributed by atoms with Crippen LogP contribution >= 0.6 is 0 Å². The van der Waals surface area contributed by atoms with Crippen molar-refractivity contribution in [3.8, 4) is 28.3 Å². The molecular weight excluding hydrogens is 677 g/mol. The van der Waals surface area contributed by atoms with Crippen LogP contribution in [0.4, 0.5) is 0 Å². The number of nitrogens with zero attached hydrogens (tertiary/aromatic N) is 2. The summed E-state index contributed by atoms with van der Waals surface area (Å²) >= 11 is 0. The Morgan fingerprint density at radius 1 is 0.675 bits per heavy atom. The van der Waals surface area contributed by atoms with Gasteiger partial charge in [-0.05, 0) is 67.4 Å². The van der Waals surface area contributed by atoms with Crippen LogP contribution in [0.25, 0.3) is 22.5 Å². The maximum atomic E-state index is 9.53. The Morgan fingerprint density at radius 2 is 1.18 bits per heavy atom. The van der Waals surface area contributed by atoms with E-state index in [2.05, 4.69) is 22.1 Å². The third kappa shape index (κ3) is 12.5. The number of aliphatic hydroxyl groups is 2. The minimum atomic E-state index is -0.459. The monoisotopic (exact) mass is 711 g/mol. The molecule has 0 aliphatic heterocycles. The van der Waals surface area contributed by atoms with Crippen LogP contribution in [0.3, 0.4) is 0 Å². The Labute approximate surface area is 250 Å². The zero-order valence-electron chi connectivity index (χ0n) is 22.4. The van der Waals surface area contributed by atoms with Crippen LogP contribution in [0.2, 0.25) is 0 Å². The van der Waals surface area contributed by atoms with Gasteiger partial charge < -0.3 is 25.3 Å². The second-order valence-corrected chi connectivity index (χ2v) is 8.93. The second kappa shape index (κ2) is 18.6. The summed E-state index contributed by atoms with van der Waals surface area (Å²) < 4.78 is 0. The molecule has 0 aliphatic carbocycles. The summed E-state index contributed by atoms with van der Waals surface area (Å²) in [4.78, 5) is 8.44. The maximum Gasteiger partial charge on any atom is 0.115 e. The van der Waals surface area contributed by atoms with E-state index in [-0.39, 0.29) is 25.9 Å². The molecule has 0 saturated carbocycles. The van der Waals surface area contributed by atoms with Crippen LogP contribution in [0.5, 0.6) is 5.75 Å². The quantitative estimate of drug-likeness (QED) is 0.167. The number of benzene rings is 3. The number of aromatic hydroxyl groups is 1. The molecule has 40 heavy (non-hydrogen) atoms. The van der Waals surface area contributed by atoms with Crippen molar-refractivity contribution in [3.05, 3.63) is 139 Å². The molecule has 0 fully saturated rings. The molecule has 5 nitrogen and oxygen atoms in total. The van der Waals surface area contributed by atoms with Crippen LogP contribution in [0.15, 0.2) is 122 Å². The van der Waals surface area contributed by atoms with E-state index in [0.717, 1.165) is 34.5 Å². The van der Waals surface area contributed by atoms with Gasteiger partial charge in [-0.2, -0.15) is 0 Å². The van der Waals surface area contributed by atoms with Gasteiger partial charge in [0.05, 0.1) is 12.2 Å². The molecule has 5 rings (SSSR count). The molecule has 0 saturated heterocycles. The van der Waals surface area contributed by atoms with E-state index in [1.165, 1.54) is 0 Å². The van der Waals surface area contributed by atoms with E-state index < -0.39 is 12.2 Å². The number of phenols is 1. The average Bonchev–Trinajstić information content (AvgIpc) is 2.99. The fourth-order valence-corrected chi connectivity index (χ4v) is 3.66. The summed E-state index contributed by atoms with van der Waals surface area (Å²) in [6.07, 6.45) is 4.47. The Kier molecular flexibility index (Phi) is 15.1. The van der Waals surface area contributed by atoms with Gasteiger partial charge in [0.25, 0.3) is 0 Å². The molecule has 2 unspecified atom stereocenters. The van der Waals surface area contributed by atoms with Gasteiger partial charge in [-0.1, -0.05) is 36.4 Å². The van der Waals surface area contributed by atoms with Crippen LogP contribution in [-0.2, 0) is 26.5 Å². The summed E-state index contributed by atoms with van der Waals surface area (Å²) in [7, 11) is 0. The van der Waals surface area contributed by atoms with Crippen molar-refractivity contribution >= 4 is 0 Å². The first-order chi connectivity index (χ1) is 19.0. The third-order valence-corrected chi connectivity index (χ3v) is 5.62. The van der Waals surface area contributed by atoms with Crippen molar-refractivity contribution < 1.29 is 35.4 Å². The Hall–Kier alpha value is -3.67. The summed E-state index contributed by atoms with van der Waals surface area (Å²) in [5.74, 6) is 0.253. The first kappa shape index (κ1) is 32.5. The normalized spacial score (nSPS) is 11.4. The van der Waals surface area contributed by atoms with Gasteiger partial charge in [-0.3, -0.25) is 0 Å². The van der Waals surface area contributed by atoms with Gasteiger partial charge in [0.15, 0.2) is 0 Å². The first-order valence-corrected chi connectivity index (χ1v) is 12.9. The minimum absolute atomic E-state index is 0. The van der Waals surface area contributed by atoms with E-state index in [4.69, 9.17) is 10.2 Å². The predicted molar refractivity (Wildman–Crippen MR) is 156 cm³/mol. The number of phenolic OH excluding ortho intramolecular Hbond substituents is 1. The largest absolute Gasteiger partial charge is 0.508 e. The van der Waals surface area contributed by atoms with Gasteiger partial charge in [-0.15, -0.1) is 71.8 Å². The van der Waals surface area contributed by atoms with Gasteiger partial charge in [0.1, 0.15) is 5.75 Å². The Bertz CT molecular complexity index is 1160. The predicted octanol–water partition coefficient (Wildman–Crippen LogP) is 6.55. The number of aryl methyl sites for hydroxylation is 1. The molecule has 6 heteroatoms. The van der Waals surface area contributed by atoms with Gasteiger partial charge in [0.2, 0.25) is 0 Å². The smallest absolute Gasteiger partial charge is 0.115 e. The van der Waals surface area contributed by atoms with Crippen LogP contribution < -0.4 is 0 Å². The zero-order valence-corrected chi connectivity index (χ0v) is 24.8. The van der Waals surface area contributed by atoms with Gasteiger partial charge in [0, 0.05) is 32.5 Å². The number of hydrogen-bond acceptors (Lipinski definition) is 5. The van der Waals surface area contributed by atoms with Gasteiger partial charge in [-0.25, -0.2) is 0 Å². The molecule has 0 bridgehead atoms. The molecule has 3 aromatic carbocycles. The van der Waals surface area contributed by atoms with Crippen molar-refractivity contribution in [2.75, 3.05) is 0 Å². The molecule has 2 aromatic heterocycles. The topological polar surface area (TPSA) is 86.5 Å². The number of pyridine rings is 2. The van der Waals surface area contributed by atoms with E-state index in [1.807, 2.05) is 97.1 Å². The fraction of sp³-hybridized carbons (Fsp3) is 0.176. The number of aromatic nitrogens is 2. The minimum Gasteiger partial charge on any atom is -0.508 e. The van der Waals surface area contributed by atoms with E-state index in [1.54, 1.807) is 31.5 Å². The standard InChI is InChI=1S/C12H18O3.2C11H8N.Ir/c1-9(13)8-12(15)7-4-10-2-5-11(14)6-3-10;2*1-2-6-10(7-3-1)11-8-4-5-9-12-11;/h2-3,5-6,9,12-15H,4,7-8H2,1H3;2*1-6,8-9H;/q;2*-1;. The van der Waals surface area contributed by atoms with Crippen molar-refractivity contribution in [2.24, 2.45) is 0 Å². The molecular formula is C34H34IrN2O3-2. The molecule has 2 atom stereocenters. The summed E-state index contributed by atoms with van der Waals surface area (Å²) in [5, 5.41) is 27.7. The maximum absolute atomic E-state index is 9.53. The number of hydrogen-bond donors (Lipinski definition) is 3. The molecule has 3 N–H and O–H groups in total. The van der Waals surface area contributed by atoms with E-state index in [9.17, 15) is 5.11 Å². The molecule has 0 amide bonds. The van der Waals surface area contributed by atoms with E-state index in [0.29, 0.717) is 12.8 Å². The van der Waals surface area contributed by atoms with Crippen molar-refractivity contribution in [2.45, 2.75) is 38.4 Å². The van der Waals surface area contributed by atoms with Crippen LogP contribution in [0, 0.1) is 12.1 Å². The van der Waals surface area contributed by atoms with Crippen molar-refractivity contribution in [1.29, 1.82) is 0 Å². The van der Waals surface area contributed by atoms with Gasteiger partial charge >= 0.3 is 0 Å². The SMILES string of the molecule is CC(O)CC(O)CCc1ccc(O)cc1.[Ir].[c-]1ccccc1-c1ccccn1.[c-]1ccccc1-c1ccccn1. The fourth-order valence-electron chi connectivity index (χ4n) is 3.66. The Morgan fingerprint density at radius 3 is 1.57 bits per heavy atom. The molecule has 209 valence electrons. The van der Waals surface area contributed by atoms with Crippen molar-refractivity contribution in [1.82, 2.24) is 9.97 Å². The summed E-state index contributed by atoms with van der Waals surface area (Å²) in [5.41, 5.74) is 5.10. The third-order valence-electron chi connectivity index (χ3n) is 5.62. The van der Waals surface area contributed by atoms with Crippen LogP contribution in [-0.4, -0.2) is 37.5 Å². The summed E-state index contributed by atoms with van der Waals surface area (Å²) in [6, 6.07) is 40.6. The number of aliphatic hydroxyl groups excluding tert-OH is 2. The molecule has 0 aliphatic rings. The Balaban J connectivity index is 0.000000209. The van der Waals surface area contributed by atoms with Crippen LogP contribution in [0.1, 0.15) is 25.3 Å².